The van der Waals surface area contributed by atoms with Crippen LogP contribution in [0, 0.1) is 18.2 Å². The third-order valence-corrected chi connectivity index (χ3v) is 2.68. The van der Waals surface area contributed by atoms with Gasteiger partial charge in [0.1, 0.15) is 0 Å². The van der Waals surface area contributed by atoms with Gasteiger partial charge in [-0.25, -0.2) is 4.39 Å². The smallest absolute Gasteiger partial charge is 0.254 e. The fraction of sp³-hybridized carbons (Fsp3) is 0.308. The molecule has 0 heterocycles. The summed E-state index contributed by atoms with van der Waals surface area (Å²) >= 11 is 5.60. The summed E-state index contributed by atoms with van der Waals surface area (Å²) in [4.78, 5) is 11.8. The van der Waals surface area contributed by atoms with Crippen LogP contribution in [0.5, 0.6) is 0 Å². The van der Waals surface area contributed by atoms with E-state index in [0.717, 1.165) is 0 Å². The monoisotopic (exact) mass is 253 g/mol. The zero-order valence-electron chi connectivity index (χ0n) is 9.47. The van der Waals surface area contributed by atoms with Gasteiger partial charge in [0.05, 0.1) is 10.6 Å². The molecule has 1 unspecified atom stereocenters. The Morgan fingerprint density at radius 1 is 1.65 bits per heavy atom. The molecule has 0 spiro atoms. The van der Waals surface area contributed by atoms with E-state index in [1.807, 2.05) is 6.92 Å². The molecule has 17 heavy (non-hydrogen) atoms. The van der Waals surface area contributed by atoms with Crippen molar-refractivity contribution in [3.8, 4) is 12.3 Å². The number of rotatable bonds is 4. The largest absolute Gasteiger partial charge is 0.348 e. The summed E-state index contributed by atoms with van der Waals surface area (Å²) in [7, 11) is 0. The average molecular weight is 254 g/mol. The Labute approximate surface area is 105 Å². The van der Waals surface area contributed by atoms with Gasteiger partial charge in [0.25, 0.3) is 5.91 Å². The maximum absolute atomic E-state index is 13.6. The molecule has 0 aliphatic heterocycles. The van der Waals surface area contributed by atoms with E-state index in [1.165, 1.54) is 18.2 Å². The number of hydrogen-bond acceptors (Lipinski definition) is 1. The van der Waals surface area contributed by atoms with Crippen molar-refractivity contribution in [2.45, 2.75) is 25.8 Å². The highest BCUT2D eigenvalue weighted by Gasteiger charge is 2.16. The average Bonchev–Trinajstić information content (AvgIpc) is 2.31. The lowest BCUT2D eigenvalue weighted by atomic mass is 10.1. The summed E-state index contributed by atoms with van der Waals surface area (Å²) < 4.78 is 13.6. The molecule has 1 rings (SSSR count). The quantitative estimate of drug-likeness (QED) is 0.821. The Hall–Kier alpha value is -1.53. The minimum absolute atomic E-state index is 0.0621. The van der Waals surface area contributed by atoms with Crippen LogP contribution in [0.2, 0.25) is 5.02 Å². The molecule has 2 nitrogen and oxygen atoms in total. The Kier molecular flexibility index (Phi) is 4.99. The van der Waals surface area contributed by atoms with Crippen molar-refractivity contribution in [3.05, 3.63) is 34.6 Å². The zero-order chi connectivity index (χ0) is 12.8. The van der Waals surface area contributed by atoms with Crippen LogP contribution < -0.4 is 5.32 Å². The molecular weight excluding hydrogens is 241 g/mol. The third kappa shape index (κ3) is 3.47. The second-order valence-corrected chi connectivity index (χ2v) is 4.00. The van der Waals surface area contributed by atoms with Crippen molar-refractivity contribution in [1.29, 1.82) is 0 Å². The Morgan fingerprint density at radius 2 is 2.35 bits per heavy atom. The van der Waals surface area contributed by atoms with Gasteiger partial charge < -0.3 is 5.32 Å². The van der Waals surface area contributed by atoms with Crippen molar-refractivity contribution >= 4 is 17.5 Å². The minimum Gasteiger partial charge on any atom is -0.348 e. The normalized spacial score (nSPS) is 11.6. The molecule has 0 aliphatic carbocycles. The molecule has 1 amide bonds. The number of halogens is 2. The van der Waals surface area contributed by atoms with Gasteiger partial charge in [-0.3, -0.25) is 4.79 Å². The molecule has 1 atom stereocenters. The third-order valence-electron chi connectivity index (χ3n) is 2.39. The van der Waals surface area contributed by atoms with Gasteiger partial charge in [-0.1, -0.05) is 24.6 Å². The number of amides is 1. The summed E-state index contributed by atoms with van der Waals surface area (Å²) in [5.41, 5.74) is -0.0621. The van der Waals surface area contributed by atoms with E-state index in [1.54, 1.807) is 0 Å². The molecule has 0 bridgehead atoms. The van der Waals surface area contributed by atoms with E-state index in [-0.39, 0.29) is 16.6 Å². The summed E-state index contributed by atoms with van der Waals surface area (Å²) in [6, 6.07) is 4.17. The number of benzene rings is 1. The van der Waals surface area contributed by atoms with Gasteiger partial charge in [-0.05, 0) is 18.6 Å². The number of hydrogen-bond donors (Lipinski definition) is 1. The molecule has 4 heteroatoms. The fourth-order valence-electron chi connectivity index (χ4n) is 1.38. The summed E-state index contributed by atoms with van der Waals surface area (Å²) in [5, 5.41) is 2.60. The fourth-order valence-corrected chi connectivity index (χ4v) is 1.56. The molecule has 0 radical (unpaired) electrons. The van der Waals surface area contributed by atoms with Crippen LogP contribution >= 0.6 is 11.6 Å². The predicted molar refractivity (Wildman–Crippen MR) is 66.4 cm³/mol. The first-order valence-corrected chi connectivity index (χ1v) is 5.66. The highest BCUT2D eigenvalue weighted by atomic mass is 35.5. The Bertz CT molecular complexity index is 453. The van der Waals surface area contributed by atoms with E-state index < -0.39 is 11.7 Å². The second kappa shape index (κ2) is 6.27. The number of terminal acetylenes is 1. The molecule has 0 aromatic heterocycles. The highest BCUT2D eigenvalue weighted by Crippen LogP contribution is 2.17. The molecule has 0 aliphatic rings. The van der Waals surface area contributed by atoms with Gasteiger partial charge in [0, 0.05) is 12.5 Å². The Morgan fingerprint density at radius 3 is 2.94 bits per heavy atom. The van der Waals surface area contributed by atoms with Gasteiger partial charge in [0.15, 0.2) is 5.82 Å². The zero-order valence-corrected chi connectivity index (χ0v) is 10.2. The highest BCUT2D eigenvalue weighted by molar-refractivity contribution is 6.31. The van der Waals surface area contributed by atoms with Crippen LogP contribution in [0.1, 0.15) is 30.1 Å². The van der Waals surface area contributed by atoms with Crippen LogP contribution in [0.4, 0.5) is 4.39 Å². The number of carbonyl (C=O) groups excluding carboxylic acids is 1. The van der Waals surface area contributed by atoms with Crippen molar-refractivity contribution < 1.29 is 9.18 Å². The molecule has 90 valence electrons. The van der Waals surface area contributed by atoms with Crippen LogP contribution in [0.15, 0.2) is 18.2 Å². The first-order chi connectivity index (χ1) is 8.10. The lowest BCUT2D eigenvalue weighted by Crippen LogP contribution is -2.34. The lowest BCUT2D eigenvalue weighted by Gasteiger charge is -2.14. The molecular formula is C13H13ClFNO. The van der Waals surface area contributed by atoms with Crippen molar-refractivity contribution in [3.63, 3.8) is 0 Å². The SMILES string of the molecule is C#CCC(CC)NC(=O)c1cccc(Cl)c1F. The molecule has 1 aromatic carbocycles. The van der Waals surface area contributed by atoms with E-state index >= 15 is 0 Å². The van der Waals surface area contributed by atoms with Crippen LogP contribution in [0.25, 0.3) is 0 Å². The minimum atomic E-state index is -0.706. The first kappa shape index (κ1) is 13.5. The lowest BCUT2D eigenvalue weighted by molar-refractivity contribution is 0.0932. The van der Waals surface area contributed by atoms with E-state index in [2.05, 4.69) is 11.2 Å². The molecule has 1 aromatic rings. The maximum atomic E-state index is 13.6. The second-order valence-electron chi connectivity index (χ2n) is 3.59. The number of nitrogens with one attached hydrogen (secondary N) is 1. The van der Waals surface area contributed by atoms with Crippen LogP contribution in [-0.4, -0.2) is 11.9 Å². The van der Waals surface area contributed by atoms with E-state index in [9.17, 15) is 9.18 Å². The van der Waals surface area contributed by atoms with Crippen molar-refractivity contribution in [2.75, 3.05) is 0 Å². The molecule has 0 saturated carbocycles. The molecule has 0 saturated heterocycles. The van der Waals surface area contributed by atoms with Crippen LogP contribution in [-0.2, 0) is 0 Å². The standard InChI is InChI=1S/C13H13ClFNO/c1-3-6-9(4-2)16-13(17)10-7-5-8-11(14)12(10)15/h1,5,7-9H,4,6H2,2H3,(H,16,17). The predicted octanol–water partition coefficient (Wildman–Crippen LogP) is 3.01. The number of carbonyl (C=O) groups is 1. The summed E-state index contributed by atoms with van der Waals surface area (Å²) in [5.74, 6) is 1.27. The van der Waals surface area contributed by atoms with Gasteiger partial charge in [-0.2, -0.15) is 0 Å². The van der Waals surface area contributed by atoms with Gasteiger partial charge in [-0.15, -0.1) is 12.3 Å². The summed E-state index contributed by atoms with van der Waals surface area (Å²) in [6.07, 6.45) is 6.29. The van der Waals surface area contributed by atoms with Gasteiger partial charge in [0.2, 0.25) is 0 Å². The molecule has 1 N–H and O–H groups in total. The van der Waals surface area contributed by atoms with E-state index in [4.69, 9.17) is 18.0 Å². The van der Waals surface area contributed by atoms with Gasteiger partial charge >= 0.3 is 0 Å². The first-order valence-electron chi connectivity index (χ1n) is 5.28. The van der Waals surface area contributed by atoms with Crippen LogP contribution in [0.3, 0.4) is 0 Å². The topological polar surface area (TPSA) is 29.1 Å². The van der Waals surface area contributed by atoms with Crippen molar-refractivity contribution in [2.24, 2.45) is 0 Å². The van der Waals surface area contributed by atoms with Crippen molar-refractivity contribution in [1.82, 2.24) is 5.32 Å². The molecule has 0 fully saturated rings. The van der Waals surface area contributed by atoms with E-state index in [0.29, 0.717) is 12.8 Å². The Balaban J connectivity index is 2.83. The summed E-state index contributed by atoms with van der Waals surface area (Å²) in [6.45, 7) is 1.90. The maximum Gasteiger partial charge on any atom is 0.254 e.